The van der Waals surface area contributed by atoms with Gasteiger partial charge >= 0.3 is 30.9 Å². The largest absolute Gasteiger partial charge is 0.547 e. The van der Waals surface area contributed by atoms with Crippen LogP contribution in [-0.4, -0.2) is 104 Å². The van der Waals surface area contributed by atoms with Gasteiger partial charge in [-0.05, 0) is 36.2 Å². The standard InChI is InChI=1S/C30H25BClF2N5O12/c32-21-15(10-17(34)23(42)24(21)43)22(26(44)36-18-8-12-4-5-16(33)20(29(47)48)25(12)51-31(18)50)37-30(49)39-7-6-38(27(45)28(39)46)11-19(41)35-13-2-1-3-14(40)9-13/h1-5,9-10,18,22,40,42-43,50H,6-8,11H2,(H,35,41)(H,36,44)(H,37,49)(H,47,48)/t18-,22?/m0/s1. The van der Waals surface area contributed by atoms with Gasteiger partial charge in [-0.3, -0.25) is 24.1 Å². The van der Waals surface area contributed by atoms with E-state index in [-0.39, 0.29) is 30.0 Å². The second kappa shape index (κ2) is 14.4. The van der Waals surface area contributed by atoms with Gasteiger partial charge in [-0.25, -0.2) is 18.4 Å². The lowest BCUT2D eigenvalue weighted by Crippen LogP contribution is -2.60. The number of phenolic OH excluding ortho intramolecular Hbond substituents is 3. The highest BCUT2D eigenvalue weighted by Gasteiger charge is 2.42. The van der Waals surface area contributed by atoms with Gasteiger partial charge in [0.2, 0.25) is 11.8 Å². The molecule has 0 aliphatic carbocycles. The molecular formula is C30H25BClF2N5O12. The lowest BCUT2D eigenvalue weighted by molar-refractivity contribution is -0.154. The van der Waals surface area contributed by atoms with Crippen LogP contribution in [0.1, 0.15) is 27.5 Å². The van der Waals surface area contributed by atoms with Crippen molar-refractivity contribution < 1.29 is 67.7 Å². The number of halogens is 3. The van der Waals surface area contributed by atoms with Crippen molar-refractivity contribution in [3.8, 4) is 23.0 Å². The first-order chi connectivity index (χ1) is 24.1. The average molecular weight is 732 g/mol. The van der Waals surface area contributed by atoms with Gasteiger partial charge in [0.15, 0.2) is 17.3 Å². The monoisotopic (exact) mass is 731 g/mol. The number of piperazine rings is 1. The average Bonchev–Trinajstić information content (AvgIpc) is 3.06. The summed E-state index contributed by atoms with van der Waals surface area (Å²) in [6.45, 7) is -1.46. The van der Waals surface area contributed by atoms with Crippen molar-refractivity contribution in [2.24, 2.45) is 0 Å². The minimum absolute atomic E-state index is 0.0499. The number of phenols is 3. The summed E-state index contributed by atoms with van der Waals surface area (Å²) in [5.41, 5.74) is -1.28. The number of amides is 6. The predicted molar refractivity (Wildman–Crippen MR) is 169 cm³/mol. The molecule has 8 N–H and O–H groups in total. The molecule has 2 heterocycles. The molecule has 0 bridgehead atoms. The highest BCUT2D eigenvalue weighted by Crippen LogP contribution is 2.40. The Morgan fingerprint density at radius 1 is 1.00 bits per heavy atom. The Kier molecular flexibility index (Phi) is 10.2. The molecule has 2 atom stereocenters. The molecule has 0 spiro atoms. The summed E-state index contributed by atoms with van der Waals surface area (Å²) in [4.78, 5) is 78.1. The Morgan fingerprint density at radius 3 is 2.41 bits per heavy atom. The number of imide groups is 1. The molecule has 21 heteroatoms. The summed E-state index contributed by atoms with van der Waals surface area (Å²) in [6, 6.07) is 4.48. The summed E-state index contributed by atoms with van der Waals surface area (Å²) < 4.78 is 33.9. The van der Waals surface area contributed by atoms with Crippen molar-refractivity contribution in [2.75, 3.05) is 25.0 Å². The molecule has 1 saturated heterocycles. The second-order valence-corrected chi connectivity index (χ2v) is 11.5. The van der Waals surface area contributed by atoms with Gasteiger partial charge in [-0.2, -0.15) is 0 Å². The number of carbonyl (C=O) groups excluding carboxylic acids is 5. The van der Waals surface area contributed by atoms with Gasteiger partial charge in [0, 0.05) is 30.4 Å². The smallest absolute Gasteiger partial charge is 0.534 e. The number of nitrogens with one attached hydrogen (secondary N) is 3. The summed E-state index contributed by atoms with van der Waals surface area (Å²) in [7, 11) is -1.99. The van der Waals surface area contributed by atoms with Crippen LogP contribution in [0, 0.1) is 11.6 Å². The van der Waals surface area contributed by atoms with E-state index >= 15 is 0 Å². The van der Waals surface area contributed by atoms with Crippen LogP contribution in [-0.2, 0) is 25.6 Å². The number of anilines is 1. The van der Waals surface area contributed by atoms with Crippen LogP contribution in [0.15, 0.2) is 42.5 Å². The van der Waals surface area contributed by atoms with Crippen LogP contribution in [0.4, 0.5) is 19.3 Å². The molecule has 1 unspecified atom stereocenters. The van der Waals surface area contributed by atoms with Gasteiger partial charge in [-0.1, -0.05) is 23.7 Å². The number of hydrogen-bond donors (Lipinski definition) is 8. The molecule has 17 nitrogen and oxygen atoms in total. The summed E-state index contributed by atoms with van der Waals surface area (Å²) >= 11 is 6.10. The normalized spacial score (nSPS) is 16.2. The van der Waals surface area contributed by atoms with Crippen molar-refractivity contribution in [3.63, 3.8) is 0 Å². The fraction of sp³-hybridized carbons (Fsp3) is 0.200. The van der Waals surface area contributed by atoms with Crippen molar-refractivity contribution in [1.29, 1.82) is 0 Å². The third-order valence-electron chi connectivity index (χ3n) is 7.81. The maximum Gasteiger partial charge on any atom is 0.547 e. The molecule has 0 saturated carbocycles. The zero-order valence-electron chi connectivity index (χ0n) is 25.7. The second-order valence-electron chi connectivity index (χ2n) is 11.2. The number of hydrogen-bond acceptors (Lipinski definition) is 11. The van der Waals surface area contributed by atoms with Gasteiger partial charge in [0.25, 0.3) is 0 Å². The highest BCUT2D eigenvalue weighted by molar-refractivity contribution is 6.47. The molecular weight excluding hydrogens is 707 g/mol. The van der Waals surface area contributed by atoms with Gasteiger partial charge in [-0.15, -0.1) is 0 Å². The van der Waals surface area contributed by atoms with Crippen molar-refractivity contribution in [1.82, 2.24) is 20.4 Å². The Morgan fingerprint density at radius 2 is 1.73 bits per heavy atom. The van der Waals surface area contributed by atoms with E-state index in [1.807, 2.05) is 0 Å². The summed E-state index contributed by atoms with van der Waals surface area (Å²) in [6.07, 6.45) is -0.347. The quantitative estimate of drug-likeness (QED) is 0.0902. The Hall–Kier alpha value is -6.15. The first kappa shape index (κ1) is 36.1. The fourth-order valence-corrected chi connectivity index (χ4v) is 5.57. The van der Waals surface area contributed by atoms with Crippen LogP contribution in [0.3, 0.4) is 0 Å². The fourth-order valence-electron chi connectivity index (χ4n) is 5.32. The highest BCUT2D eigenvalue weighted by atomic mass is 35.5. The molecule has 6 amide bonds. The number of fused-ring (bicyclic) bond motifs is 1. The minimum atomic E-state index is -2.10. The number of carbonyl (C=O) groups is 6. The first-order valence-electron chi connectivity index (χ1n) is 14.7. The molecule has 3 aromatic rings. The molecule has 2 aliphatic rings. The van der Waals surface area contributed by atoms with E-state index in [1.54, 1.807) is 0 Å². The van der Waals surface area contributed by atoms with E-state index in [0.717, 1.165) is 17.0 Å². The number of carboxylic acid groups (broad SMARTS) is 1. The van der Waals surface area contributed by atoms with E-state index in [2.05, 4.69) is 16.0 Å². The van der Waals surface area contributed by atoms with E-state index < -0.39 is 113 Å². The molecule has 5 rings (SSSR count). The molecule has 2 aliphatic heterocycles. The number of rotatable bonds is 8. The molecule has 0 radical (unpaired) electrons. The number of urea groups is 1. The molecule has 3 aromatic carbocycles. The Balaban J connectivity index is 1.34. The van der Waals surface area contributed by atoms with E-state index in [4.69, 9.17) is 16.3 Å². The van der Waals surface area contributed by atoms with Crippen LogP contribution >= 0.6 is 11.6 Å². The van der Waals surface area contributed by atoms with E-state index in [0.29, 0.717) is 11.0 Å². The minimum Gasteiger partial charge on any atom is -0.534 e. The maximum absolute atomic E-state index is 14.6. The SMILES string of the molecule is O=C(CN1CCN(C(=O)NC(C(=O)N[C@H]2Cc3ccc(F)c(C(=O)O)c3OB2O)c2cc(F)c(O)c(O)c2Cl)C(=O)C1=O)Nc1cccc(O)c1. The van der Waals surface area contributed by atoms with E-state index in [9.17, 15) is 63.0 Å². The van der Waals surface area contributed by atoms with Crippen LogP contribution in [0.5, 0.6) is 23.0 Å². The number of carboxylic acids is 1. The maximum atomic E-state index is 14.6. The van der Waals surface area contributed by atoms with Crippen molar-refractivity contribution in [2.45, 2.75) is 18.4 Å². The first-order valence-corrected chi connectivity index (χ1v) is 15.0. The third-order valence-corrected chi connectivity index (χ3v) is 8.20. The summed E-state index contributed by atoms with van der Waals surface area (Å²) in [5.74, 6) is -13.6. The zero-order valence-corrected chi connectivity index (χ0v) is 26.5. The molecule has 0 aromatic heterocycles. The molecule has 266 valence electrons. The zero-order chi connectivity index (χ0) is 37.3. The number of benzene rings is 3. The van der Waals surface area contributed by atoms with Crippen LogP contribution in [0.2, 0.25) is 5.02 Å². The Labute approximate surface area is 290 Å². The van der Waals surface area contributed by atoms with Crippen molar-refractivity contribution in [3.05, 3.63) is 75.8 Å². The van der Waals surface area contributed by atoms with Crippen LogP contribution < -0.4 is 20.6 Å². The lowest BCUT2D eigenvalue weighted by atomic mass is 9.72. The van der Waals surface area contributed by atoms with Crippen LogP contribution in [0.25, 0.3) is 0 Å². The van der Waals surface area contributed by atoms with Gasteiger partial charge in [0.1, 0.15) is 35.5 Å². The lowest BCUT2D eigenvalue weighted by Gasteiger charge is -2.33. The topological polar surface area (TPSA) is 255 Å². The Bertz CT molecular complexity index is 1990. The number of nitrogens with zero attached hydrogens (tertiary/aromatic N) is 2. The summed E-state index contributed by atoms with van der Waals surface area (Å²) in [5, 5.41) is 55.5. The van der Waals surface area contributed by atoms with Gasteiger partial charge in [0.05, 0.1) is 11.0 Å². The number of aromatic carboxylic acids is 1. The predicted octanol–water partition coefficient (Wildman–Crippen LogP) is 0.633. The van der Waals surface area contributed by atoms with E-state index in [1.165, 1.54) is 24.3 Å². The van der Waals surface area contributed by atoms with Gasteiger partial charge < -0.3 is 51.0 Å². The third kappa shape index (κ3) is 7.41. The molecule has 1 fully saturated rings. The molecule has 51 heavy (non-hydrogen) atoms. The van der Waals surface area contributed by atoms with Crippen molar-refractivity contribution >= 4 is 60.0 Å². The number of aromatic hydroxyl groups is 3.